The van der Waals surface area contributed by atoms with Crippen LogP contribution in [-0.4, -0.2) is 44.8 Å². The third-order valence-electron chi connectivity index (χ3n) is 5.04. The zero-order valence-corrected chi connectivity index (χ0v) is 16.7. The molecule has 1 atom stereocenters. The lowest BCUT2D eigenvalue weighted by atomic mass is 9.90. The van der Waals surface area contributed by atoms with E-state index in [1.54, 1.807) is 28.8 Å². The van der Waals surface area contributed by atoms with E-state index in [0.29, 0.717) is 34.8 Å². The highest BCUT2D eigenvalue weighted by Gasteiger charge is 2.43. The Balaban J connectivity index is 2.04. The first kappa shape index (κ1) is 19.4. The molecule has 0 radical (unpaired) electrons. The van der Waals surface area contributed by atoms with Crippen LogP contribution in [-0.2, 0) is 10.3 Å². The van der Waals surface area contributed by atoms with E-state index in [2.05, 4.69) is 5.10 Å². The lowest BCUT2D eigenvalue weighted by Gasteiger charge is -2.20. The Labute approximate surface area is 163 Å². The van der Waals surface area contributed by atoms with Crippen molar-refractivity contribution in [2.24, 2.45) is 5.41 Å². The molecule has 2 heterocycles. The molecule has 1 aromatic heterocycles. The molecule has 1 aliphatic heterocycles. The highest BCUT2D eigenvalue weighted by atomic mass is 35.5. The van der Waals surface area contributed by atoms with Gasteiger partial charge in [-0.15, -0.1) is 0 Å². The predicted molar refractivity (Wildman–Crippen MR) is 104 cm³/mol. The molecule has 2 aromatic rings. The third kappa shape index (κ3) is 3.58. The number of rotatable bonds is 3. The van der Waals surface area contributed by atoms with Crippen molar-refractivity contribution in [3.63, 3.8) is 0 Å². The topological polar surface area (TPSA) is 75.4 Å². The van der Waals surface area contributed by atoms with E-state index in [9.17, 15) is 14.7 Å². The minimum absolute atomic E-state index is 0.184. The summed E-state index contributed by atoms with van der Waals surface area (Å²) >= 11 is 6.35. The molecule has 0 saturated carbocycles. The number of benzene rings is 1. The maximum atomic E-state index is 13.2. The monoisotopic (exact) mass is 389 g/mol. The number of carbonyl (C=O) groups is 2. The first-order chi connectivity index (χ1) is 12.5. The van der Waals surface area contributed by atoms with E-state index < -0.39 is 11.4 Å². The molecule has 7 heteroatoms. The Morgan fingerprint density at radius 2 is 1.93 bits per heavy atom. The second-order valence-electron chi connectivity index (χ2n) is 8.33. The maximum Gasteiger partial charge on any atom is 0.311 e. The second kappa shape index (κ2) is 6.68. The van der Waals surface area contributed by atoms with Gasteiger partial charge in [0.1, 0.15) is 5.69 Å². The molecule has 0 spiro atoms. The smallest absolute Gasteiger partial charge is 0.311 e. The van der Waals surface area contributed by atoms with Crippen molar-refractivity contribution < 1.29 is 14.7 Å². The number of amides is 1. The molecule has 0 bridgehead atoms. The van der Waals surface area contributed by atoms with Crippen LogP contribution in [0.1, 0.15) is 44.5 Å². The van der Waals surface area contributed by atoms with Crippen LogP contribution in [0.15, 0.2) is 30.5 Å². The summed E-state index contributed by atoms with van der Waals surface area (Å²) in [5.74, 6) is -1.10. The second-order valence-corrected chi connectivity index (χ2v) is 8.74. The molecule has 1 N–H and O–H groups in total. The van der Waals surface area contributed by atoms with Crippen molar-refractivity contribution in [2.45, 2.75) is 39.7 Å². The van der Waals surface area contributed by atoms with Gasteiger partial charge in [-0.1, -0.05) is 29.8 Å². The maximum absolute atomic E-state index is 13.2. The summed E-state index contributed by atoms with van der Waals surface area (Å²) in [5.41, 5.74) is 0.415. The highest BCUT2D eigenvalue weighted by Crippen LogP contribution is 2.35. The standard InChI is InChI=1S/C20H24ClN3O3/c1-19(2,3)24-11-14(16(22-24)13-7-5-6-8-15(13)21)17(25)23-10-9-20(4,12-23)18(26)27/h5-8,11H,9-10,12H2,1-4H3,(H,26,27). The molecule has 1 saturated heterocycles. The van der Waals surface area contributed by atoms with Crippen LogP contribution in [0.3, 0.4) is 0 Å². The average molecular weight is 390 g/mol. The predicted octanol–water partition coefficient (Wildman–Crippen LogP) is 3.90. The quantitative estimate of drug-likeness (QED) is 0.863. The summed E-state index contributed by atoms with van der Waals surface area (Å²) in [7, 11) is 0. The minimum atomic E-state index is -0.916. The summed E-state index contributed by atoms with van der Waals surface area (Å²) in [6.07, 6.45) is 2.17. The summed E-state index contributed by atoms with van der Waals surface area (Å²) in [4.78, 5) is 26.4. The van der Waals surface area contributed by atoms with Crippen molar-refractivity contribution in [1.82, 2.24) is 14.7 Å². The number of hydrogen-bond acceptors (Lipinski definition) is 3. The number of nitrogens with zero attached hydrogens (tertiary/aromatic N) is 3. The van der Waals surface area contributed by atoms with E-state index in [-0.39, 0.29) is 18.0 Å². The average Bonchev–Trinajstić information content (AvgIpc) is 3.19. The van der Waals surface area contributed by atoms with Crippen LogP contribution < -0.4 is 0 Å². The van der Waals surface area contributed by atoms with Crippen molar-refractivity contribution in [1.29, 1.82) is 0 Å². The number of hydrogen-bond donors (Lipinski definition) is 1. The fourth-order valence-electron chi connectivity index (χ4n) is 3.21. The van der Waals surface area contributed by atoms with Crippen LogP contribution >= 0.6 is 11.6 Å². The van der Waals surface area contributed by atoms with Gasteiger partial charge in [0.25, 0.3) is 5.91 Å². The molecule has 1 aliphatic rings. The third-order valence-corrected chi connectivity index (χ3v) is 5.37. The van der Waals surface area contributed by atoms with Crippen LogP contribution in [0.4, 0.5) is 0 Å². The molecule has 1 aromatic carbocycles. The molecule has 0 aliphatic carbocycles. The highest BCUT2D eigenvalue weighted by molar-refractivity contribution is 6.33. The van der Waals surface area contributed by atoms with E-state index in [4.69, 9.17) is 11.6 Å². The summed E-state index contributed by atoms with van der Waals surface area (Å²) in [5, 5.41) is 14.6. The number of carbonyl (C=O) groups excluding carboxylic acids is 1. The van der Waals surface area contributed by atoms with Crippen molar-refractivity contribution in [3.8, 4) is 11.3 Å². The van der Waals surface area contributed by atoms with Crippen molar-refractivity contribution in [2.75, 3.05) is 13.1 Å². The van der Waals surface area contributed by atoms with Crippen molar-refractivity contribution in [3.05, 3.63) is 41.0 Å². The van der Waals surface area contributed by atoms with Crippen LogP contribution in [0.5, 0.6) is 0 Å². The van der Waals surface area contributed by atoms with Gasteiger partial charge in [-0.2, -0.15) is 5.10 Å². The molecule has 6 nitrogen and oxygen atoms in total. The molecule has 1 amide bonds. The SMILES string of the molecule is CC1(C(=O)O)CCN(C(=O)c2cn(C(C)(C)C)nc2-c2ccccc2Cl)C1. The number of likely N-dealkylation sites (tertiary alicyclic amines) is 1. The summed E-state index contributed by atoms with van der Waals surface area (Å²) in [6.45, 7) is 8.27. The van der Waals surface area contributed by atoms with E-state index in [0.717, 1.165) is 0 Å². The normalized spacial score (nSPS) is 20.1. The Hall–Kier alpha value is -2.34. The van der Waals surface area contributed by atoms with Gasteiger partial charge in [-0.3, -0.25) is 14.3 Å². The van der Waals surface area contributed by atoms with E-state index >= 15 is 0 Å². The largest absolute Gasteiger partial charge is 0.481 e. The number of aromatic nitrogens is 2. The fraction of sp³-hybridized carbons (Fsp3) is 0.450. The van der Waals surface area contributed by atoms with Gasteiger partial charge in [-0.05, 0) is 40.2 Å². The number of carboxylic acid groups (broad SMARTS) is 1. The Morgan fingerprint density at radius 1 is 1.26 bits per heavy atom. The van der Waals surface area contributed by atoms with Crippen molar-refractivity contribution >= 4 is 23.5 Å². The molecule has 1 fully saturated rings. The summed E-state index contributed by atoms with van der Waals surface area (Å²) in [6, 6.07) is 7.27. The van der Waals surface area contributed by atoms with Gasteiger partial charge in [0.05, 0.1) is 21.5 Å². The van der Waals surface area contributed by atoms with Gasteiger partial charge < -0.3 is 10.0 Å². The lowest BCUT2D eigenvalue weighted by molar-refractivity contribution is -0.147. The first-order valence-electron chi connectivity index (χ1n) is 8.91. The zero-order chi connectivity index (χ0) is 20.0. The number of carboxylic acids is 1. The van der Waals surface area contributed by atoms with Crippen LogP contribution in [0.25, 0.3) is 11.3 Å². The van der Waals surface area contributed by atoms with Gasteiger partial charge in [-0.25, -0.2) is 0 Å². The van der Waals surface area contributed by atoms with Crippen LogP contribution in [0, 0.1) is 5.41 Å². The van der Waals surface area contributed by atoms with Gasteiger partial charge in [0, 0.05) is 24.8 Å². The Kier molecular flexibility index (Phi) is 4.80. The molecule has 144 valence electrons. The van der Waals surface area contributed by atoms with E-state index in [1.807, 2.05) is 39.0 Å². The molecule has 27 heavy (non-hydrogen) atoms. The van der Waals surface area contributed by atoms with E-state index in [1.165, 1.54) is 0 Å². The molecular formula is C20H24ClN3O3. The molecular weight excluding hydrogens is 366 g/mol. The van der Waals surface area contributed by atoms with Gasteiger partial charge >= 0.3 is 5.97 Å². The first-order valence-corrected chi connectivity index (χ1v) is 9.28. The number of aliphatic carboxylic acids is 1. The summed E-state index contributed by atoms with van der Waals surface area (Å²) < 4.78 is 1.76. The fourth-order valence-corrected chi connectivity index (χ4v) is 3.43. The number of halogens is 1. The zero-order valence-electron chi connectivity index (χ0n) is 16.0. The van der Waals surface area contributed by atoms with Gasteiger partial charge in [0.15, 0.2) is 0 Å². The molecule has 3 rings (SSSR count). The lowest BCUT2D eigenvalue weighted by Crippen LogP contribution is -2.35. The van der Waals surface area contributed by atoms with Gasteiger partial charge in [0.2, 0.25) is 0 Å². The Bertz CT molecular complexity index is 900. The minimum Gasteiger partial charge on any atom is -0.481 e. The molecule has 1 unspecified atom stereocenters. The Morgan fingerprint density at radius 3 is 2.48 bits per heavy atom. The van der Waals surface area contributed by atoms with Crippen LogP contribution in [0.2, 0.25) is 5.02 Å².